The van der Waals surface area contributed by atoms with Crippen LogP contribution in [0.3, 0.4) is 0 Å². The third-order valence-corrected chi connectivity index (χ3v) is 3.58. The lowest BCUT2D eigenvalue weighted by Gasteiger charge is -2.12. The fourth-order valence-electron chi connectivity index (χ4n) is 2.02. The van der Waals surface area contributed by atoms with Gasteiger partial charge in [0.1, 0.15) is 0 Å². The van der Waals surface area contributed by atoms with Crippen LogP contribution in [-0.4, -0.2) is 12.5 Å². The fraction of sp³-hybridized carbons (Fsp3) is 0.176. The van der Waals surface area contributed by atoms with Crippen molar-refractivity contribution in [2.24, 2.45) is 0 Å². The Balaban J connectivity index is 1.88. The Bertz CT molecular complexity index is 798. The monoisotopic (exact) mass is 367 g/mol. The fourth-order valence-corrected chi connectivity index (χ4v) is 2.25. The molecule has 0 saturated carbocycles. The summed E-state index contributed by atoms with van der Waals surface area (Å²) in [7, 11) is 0. The molecule has 0 spiro atoms. The van der Waals surface area contributed by atoms with Crippen LogP contribution >= 0.6 is 11.6 Å². The molecule has 0 aliphatic rings. The van der Waals surface area contributed by atoms with Gasteiger partial charge in [0.25, 0.3) is 0 Å². The van der Waals surface area contributed by atoms with Crippen molar-refractivity contribution in [2.45, 2.75) is 12.6 Å². The van der Waals surface area contributed by atoms with E-state index in [9.17, 15) is 18.0 Å². The number of nitrogens with zero attached hydrogens (tertiary/aromatic N) is 1. The highest BCUT2D eigenvalue weighted by molar-refractivity contribution is 6.31. The Labute approximate surface area is 147 Å². The van der Waals surface area contributed by atoms with Gasteiger partial charge in [0, 0.05) is 24.3 Å². The Hall–Kier alpha value is -2.72. The highest BCUT2D eigenvalue weighted by atomic mass is 35.5. The minimum Gasteiger partial charge on any atom is -0.385 e. The number of alkyl halides is 3. The van der Waals surface area contributed by atoms with E-state index in [4.69, 9.17) is 16.9 Å². The van der Waals surface area contributed by atoms with Crippen LogP contribution in [0.25, 0.3) is 0 Å². The van der Waals surface area contributed by atoms with Crippen molar-refractivity contribution in [3.8, 4) is 6.07 Å². The maximum absolute atomic E-state index is 12.8. The number of amides is 1. The van der Waals surface area contributed by atoms with Gasteiger partial charge in [0.05, 0.1) is 22.2 Å². The molecule has 0 bridgehead atoms. The van der Waals surface area contributed by atoms with Crippen molar-refractivity contribution in [1.82, 2.24) is 0 Å². The van der Waals surface area contributed by atoms with Crippen molar-refractivity contribution >= 4 is 28.9 Å². The molecule has 130 valence electrons. The molecule has 2 aromatic rings. The van der Waals surface area contributed by atoms with E-state index in [0.29, 0.717) is 11.3 Å². The molecule has 2 aromatic carbocycles. The van der Waals surface area contributed by atoms with Gasteiger partial charge in [-0.3, -0.25) is 4.79 Å². The summed E-state index contributed by atoms with van der Waals surface area (Å²) >= 11 is 5.55. The van der Waals surface area contributed by atoms with Gasteiger partial charge in [-0.2, -0.15) is 18.4 Å². The molecule has 0 fully saturated rings. The lowest BCUT2D eigenvalue weighted by atomic mass is 10.2. The molecule has 0 heterocycles. The van der Waals surface area contributed by atoms with E-state index in [1.165, 1.54) is 6.07 Å². The van der Waals surface area contributed by atoms with E-state index in [0.717, 1.165) is 12.1 Å². The maximum atomic E-state index is 12.8. The van der Waals surface area contributed by atoms with Crippen molar-refractivity contribution in [1.29, 1.82) is 5.26 Å². The van der Waals surface area contributed by atoms with Gasteiger partial charge in [0.15, 0.2) is 0 Å². The van der Waals surface area contributed by atoms with Crippen LogP contribution in [0, 0.1) is 11.3 Å². The molecule has 0 aromatic heterocycles. The zero-order valence-corrected chi connectivity index (χ0v) is 13.6. The topological polar surface area (TPSA) is 64.9 Å². The van der Waals surface area contributed by atoms with Crippen molar-refractivity contribution in [3.05, 3.63) is 58.6 Å². The summed E-state index contributed by atoms with van der Waals surface area (Å²) in [4.78, 5) is 11.8. The maximum Gasteiger partial charge on any atom is 0.417 e. The lowest BCUT2D eigenvalue weighted by Crippen LogP contribution is -2.16. The zero-order chi connectivity index (χ0) is 18.4. The standard InChI is InChI=1S/C17H13ClF3N3O/c18-15-6-5-13(9-14(15)17(19,20)21)23-8-7-16(25)24-12-3-1-11(10-22)2-4-12/h1-6,9,23H,7-8H2,(H,24,25). The number of rotatable bonds is 5. The van der Waals surface area contributed by atoms with Gasteiger partial charge in [-0.1, -0.05) is 11.6 Å². The number of anilines is 2. The second-order valence-corrected chi connectivity index (χ2v) is 5.51. The van der Waals surface area contributed by atoms with E-state index in [2.05, 4.69) is 10.6 Å². The van der Waals surface area contributed by atoms with Gasteiger partial charge in [-0.25, -0.2) is 0 Å². The van der Waals surface area contributed by atoms with Gasteiger partial charge < -0.3 is 10.6 Å². The summed E-state index contributed by atoms with van der Waals surface area (Å²) in [6, 6.07) is 11.8. The third kappa shape index (κ3) is 5.40. The molecular weight excluding hydrogens is 355 g/mol. The first-order chi connectivity index (χ1) is 11.8. The smallest absolute Gasteiger partial charge is 0.385 e. The first-order valence-electron chi connectivity index (χ1n) is 7.20. The number of hydrogen-bond acceptors (Lipinski definition) is 3. The average molecular weight is 368 g/mol. The molecule has 0 aliphatic carbocycles. The van der Waals surface area contributed by atoms with Crippen molar-refractivity contribution in [3.63, 3.8) is 0 Å². The molecular formula is C17H13ClF3N3O. The van der Waals surface area contributed by atoms with Crippen LogP contribution < -0.4 is 10.6 Å². The van der Waals surface area contributed by atoms with Crippen LogP contribution in [0.5, 0.6) is 0 Å². The summed E-state index contributed by atoms with van der Waals surface area (Å²) in [5.74, 6) is -0.304. The molecule has 0 unspecified atom stereocenters. The predicted molar refractivity (Wildman–Crippen MR) is 89.3 cm³/mol. The van der Waals surface area contributed by atoms with Crippen LogP contribution in [0.15, 0.2) is 42.5 Å². The highest BCUT2D eigenvalue weighted by Gasteiger charge is 2.33. The van der Waals surface area contributed by atoms with Gasteiger partial charge >= 0.3 is 6.18 Å². The Morgan fingerprint density at radius 3 is 2.36 bits per heavy atom. The molecule has 25 heavy (non-hydrogen) atoms. The molecule has 2 N–H and O–H groups in total. The molecule has 0 radical (unpaired) electrons. The lowest BCUT2D eigenvalue weighted by molar-refractivity contribution is -0.137. The van der Waals surface area contributed by atoms with Gasteiger partial charge in [-0.05, 0) is 42.5 Å². The average Bonchev–Trinajstić information content (AvgIpc) is 2.56. The van der Waals surface area contributed by atoms with Gasteiger partial charge in [-0.15, -0.1) is 0 Å². The SMILES string of the molecule is N#Cc1ccc(NC(=O)CCNc2ccc(Cl)c(C(F)(F)F)c2)cc1. The molecule has 4 nitrogen and oxygen atoms in total. The summed E-state index contributed by atoms with van der Waals surface area (Å²) < 4.78 is 38.3. The molecule has 0 aliphatic heterocycles. The van der Waals surface area contributed by atoms with Crippen LogP contribution in [-0.2, 0) is 11.0 Å². The normalized spacial score (nSPS) is 10.8. The van der Waals surface area contributed by atoms with E-state index in [1.54, 1.807) is 24.3 Å². The highest BCUT2D eigenvalue weighted by Crippen LogP contribution is 2.36. The van der Waals surface area contributed by atoms with Crippen LogP contribution in [0.4, 0.5) is 24.5 Å². The Kier molecular flexibility index (Phi) is 5.88. The molecule has 8 heteroatoms. The summed E-state index contributed by atoms with van der Waals surface area (Å²) in [6.07, 6.45) is -4.48. The zero-order valence-electron chi connectivity index (χ0n) is 12.8. The Morgan fingerprint density at radius 2 is 1.76 bits per heavy atom. The number of nitrogens with one attached hydrogen (secondary N) is 2. The molecule has 0 atom stereocenters. The molecule has 2 rings (SSSR count). The van der Waals surface area contributed by atoms with E-state index >= 15 is 0 Å². The van der Waals surface area contributed by atoms with Crippen molar-refractivity contribution < 1.29 is 18.0 Å². The number of halogens is 4. The number of benzene rings is 2. The number of carbonyl (C=O) groups excluding carboxylic acids is 1. The van der Waals surface area contributed by atoms with Crippen LogP contribution in [0.1, 0.15) is 17.5 Å². The van der Waals surface area contributed by atoms with E-state index < -0.39 is 11.7 Å². The predicted octanol–water partition coefficient (Wildman–Crippen LogP) is 4.67. The first kappa shape index (κ1) is 18.6. The summed E-state index contributed by atoms with van der Waals surface area (Å²) in [6.45, 7) is 0.154. The third-order valence-electron chi connectivity index (χ3n) is 3.25. The number of hydrogen-bond donors (Lipinski definition) is 2. The number of nitriles is 1. The second-order valence-electron chi connectivity index (χ2n) is 5.11. The second kappa shape index (κ2) is 7.90. The quantitative estimate of drug-likeness (QED) is 0.807. The van der Waals surface area contributed by atoms with E-state index in [-0.39, 0.29) is 29.6 Å². The first-order valence-corrected chi connectivity index (χ1v) is 7.58. The van der Waals surface area contributed by atoms with Crippen LogP contribution in [0.2, 0.25) is 5.02 Å². The largest absolute Gasteiger partial charge is 0.417 e. The van der Waals surface area contributed by atoms with Crippen molar-refractivity contribution in [2.75, 3.05) is 17.2 Å². The Morgan fingerprint density at radius 1 is 1.12 bits per heavy atom. The van der Waals surface area contributed by atoms with Gasteiger partial charge in [0.2, 0.25) is 5.91 Å². The van der Waals surface area contributed by atoms with E-state index in [1.807, 2.05) is 6.07 Å². The minimum absolute atomic E-state index is 0.0595. The molecule has 1 amide bonds. The number of carbonyl (C=O) groups is 1. The molecule has 0 saturated heterocycles. The minimum atomic E-state index is -4.54. The summed E-state index contributed by atoms with van der Waals surface area (Å²) in [5.41, 5.74) is 0.307. The summed E-state index contributed by atoms with van der Waals surface area (Å²) in [5, 5.41) is 13.7.